The van der Waals surface area contributed by atoms with Crippen LogP contribution in [0.25, 0.3) is 0 Å². The van der Waals surface area contributed by atoms with E-state index in [1.165, 1.54) is 12.8 Å². The molecule has 2 unspecified atom stereocenters. The van der Waals surface area contributed by atoms with Gasteiger partial charge in [-0.15, -0.1) is 0 Å². The van der Waals surface area contributed by atoms with Gasteiger partial charge in [0.1, 0.15) is 0 Å². The summed E-state index contributed by atoms with van der Waals surface area (Å²) in [6.45, 7) is 8.56. The van der Waals surface area contributed by atoms with Gasteiger partial charge < -0.3 is 10.1 Å². The Labute approximate surface area is 87.8 Å². The average Bonchev–Trinajstić information content (AvgIpc) is 2.66. The molecule has 1 fully saturated rings. The molecule has 1 aliphatic rings. The van der Waals surface area contributed by atoms with Crippen LogP contribution in [0.4, 0.5) is 0 Å². The highest BCUT2D eigenvalue weighted by molar-refractivity contribution is 4.73. The van der Waals surface area contributed by atoms with E-state index in [9.17, 15) is 0 Å². The summed E-state index contributed by atoms with van der Waals surface area (Å²) in [5, 5.41) is 3.37. The third kappa shape index (κ3) is 3.95. The van der Waals surface area contributed by atoms with E-state index in [2.05, 4.69) is 31.1 Å². The van der Waals surface area contributed by atoms with Gasteiger partial charge in [-0.3, -0.25) is 4.90 Å². The van der Waals surface area contributed by atoms with Crippen LogP contribution in [0, 0.1) is 0 Å². The summed E-state index contributed by atoms with van der Waals surface area (Å²) in [6, 6.07) is 0.596. The zero-order valence-electron chi connectivity index (χ0n) is 9.75. The smallest absolute Gasteiger partial charge is 0.0702 e. The first-order valence-corrected chi connectivity index (χ1v) is 5.76. The summed E-state index contributed by atoms with van der Waals surface area (Å²) >= 11 is 0. The first-order chi connectivity index (χ1) is 6.74. The molecule has 0 amide bonds. The molecule has 2 atom stereocenters. The van der Waals surface area contributed by atoms with Crippen LogP contribution in [-0.2, 0) is 4.74 Å². The van der Waals surface area contributed by atoms with Crippen molar-refractivity contribution in [3.8, 4) is 0 Å². The fraction of sp³-hybridized carbons (Fsp3) is 1.00. The third-order valence-electron chi connectivity index (χ3n) is 2.96. The first-order valence-electron chi connectivity index (χ1n) is 5.76. The maximum Gasteiger partial charge on any atom is 0.0702 e. The highest BCUT2D eigenvalue weighted by Gasteiger charge is 2.19. The molecule has 0 aromatic heterocycles. The number of ether oxygens (including phenoxy) is 1. The summed E-state index contributed by atoms with van der Waals surface area (Å²) in [5.74, 6) is 0. The molecule has 1 rings (SSSR count). The van der Waals surface area contributed by atoms with E-state index in [0.717, 1.165) is 26.2 Å². The average molecular weight is 200 g/mol. The maximum absolute atomic E-state index is 5.62. The van der Waals surface area contributed by atoms with Crippen molar-refractivity contribution in [2.24, 2.45) is 0 Å². The quantitative estimate of drug-likeness (QED) is 0.695. The van der Waals surface area contributed by atoms with E-state index in [1.54, 1.807) is 0 Å². The highest BCUT2D eigenvalue weighted by Crippen LogP contribution is 2.13. The molecule has 1 saturated heterocycles. The monoisotopic (exact) mass is 200 g/mol. The summed E-state index contributed by atoms with van der Waals surface area (Å²) in [6.07, 6.45) is 2.95. The van der Waals surface area contributed by atoms with Gasteiger partial charge in [0, 0.05) is 25.7 Å². The van der Waals surface area contributed by atoms with Gasteiger partial charge in [-0.05, 0) is 33.4 Å². The molecule has 3 heteroatoms. The molecule has 0 aromatic carbocycles. The van der Waals surface area contributed by atoms with Gasteiger partial charge in [0.15, 0.2) is 0 Å². The Balaban J connectivity index is 2.15. The van der Waals surface area contributed by atoms with Gasteiger partial charge in [-0.25, -0.2) is 0 Å². The minimum absolute atomic E-state index is 0.476. The van der Waals surface area contributed by atoms with Crippen molar-refractivity contribution in [2.45, 2.75) is 38.8 Å². The van der Waals surface area contributed by atoms with E-state index in [1.807, 2.05) is 0 Å². The maximum atomic E-state index is 5.62. The summed E-state index contributed by atoms with van der Waals surface area (Å²) in [7, 11) is 2.18. The topological polar surface area (TPSA) is 24.5 Å². The molecule has 0 saturated carbocycles. The van der Waals surface area contributed by atoms with Crippen LogP contribution < -0.4 is 5.32 Å². The number of hydrogen-bond donors (Lipinski definition) is 1. The predicted octanol–water partition coefficient (Wildman–Crippen LogP) is 1.10. The van der Waals surface area contributed by atoms with Crippen molar-refractivity contribution in [1.29, 1.82) is 0 Å². The molecule has 1 N–H and O–H groups in total. The Bertz CT molecular complexity index is 146. The Morgan fingerprint density at radius 2 is 2.36 bits per heavy atom. The molecular formula is C11H24N2O. The fourth-order valence-electron chi connectivity index (χ4n) is 1.80. The normalized spacial score (nSPS) is 24.4. The standard InChI is InChI=1S/C11H24N2O/c1-4-12-8-10(2)13(3)9-11-6-5-7-14-11/h10-12H,4-9H2,1-3H3. The Kier molecular flexibility index (Phi) is 5.45. The molecular weight excluding hydrogens is 176 g/mol. The van der Waals surface area contributed by atoms with Crippen molar-refractivity contribution in [3.63, 3.8) is 0 Å². The fourth-order valence-corrected chi connectivity index (χ4v) is 1.80. The van der Waals surface area contributed by atoms with Gasteiger partial charge in [0.05, 0.1) is 6.10 Å². The van der Waals surface area contributed by atoms with E-state index < -0.39 is 0 Å². The van der Waals surface area contributed by atoms with Gasteiger partial charge >= 0.3 is 0 Å². The van der Waals surface area contributed by atoms with Crippen LogP contribution in [0.3, 0.4) is 0 Å². The van der Waals surface area contributed by atoms with Gasteiger partial charge in [0.2, 0.25) is 0 Å². The zero-order chi connectivity index (χ0) is 10.4. The van der Waals surface area contributed by atoms with Gasteiger partial charge in [0.25, 0.3) is 0 Å². The number of likely N-dealkylation sites (N-methyl/N-ethyl adjacent to an activating group) is 2. The molecule has 1 heterocycles. The van der Waals surface area contributed by atoms with Crippen molar-refractivity contribution in [3.05, 3.63) is 0 Å². The SMILES string of the molecule is CCNCC(C)N(C)CC1CCCO1. The van der Waals surface area contributed by atoms with Gasteiger partial charge in [-0.2, -0.15) is 0 Å². The number of nitrogens with zero attached hydrogens (tertiary/aromatic N) is 1. The molecule has 0 spiro atoms. The van der Waals surface area contributed by atoms with Gasteiger partial charge in [-0.1, -0.05) is 6.92 Å². The Hall–Kier alpha value is -0.120. The van der Waals surface area contributed by atoms with Crippen molar-refractivity contribution >= 4 is 0 Å². The minimum Gasteiger partial charge on any atom is -0.377 e. The van der Waals surface area contributed by atoms with E-state index in [0.29, 0.717) is 12.1 Å². The molecule has 14 heavy (non-hydrogen) atoms. The van der Waals surface area contributed by atoms with Crippen LogP contribution in [0.2, 0.25) is 0 Å². The summed E-state index contributed by atoms with van der Waals surface area (Å²) < 4.78 is 5.62. The minimum atomic E-state index is 0.476. The third-order valence-corrected chi connectivity index (χ3v) is 2.96. The zero-order valence-corrected chi connectivity index (χ0v) is 9.75. The van der Waals surface area contributed by atoms with Crippen LogP contribution >= 0.6 is 0 Å². The number of hydrogen-bond acceptors (Lipinski definition) is 3. The lowest BCUT2D eigenvalue weighted by Gasteiger charge is -2.27. The van der Waals surface area contributed by atoms with E-state index in [4.69, 9.17) is 4.74 Å². The van der Waals surface area contributed by atoms with E-state index in [-0.39, 0.29) is 0 Å². The first kappa shape index (κ1) is 12.0. The second kappa shape index (κ2) is 6.38. The van der Waals surface area contributed by atoms with Crippen LogP contribution in [0.15, 0.2) is 0 Å². The molecule has 0 aliphatic carbocycles. The lowest BCUT2D eigenvalue weighted by atomic mass is 10.2. The lowest BCUT2D eigenvalue weighted by molar-refractivity contribution is 0.0704. The Morgan fingerprint density at radius 1 is 1.57 bits per heavy atom. The number of rotatable bonds is 6. The second-order valence-corrected chi connectivity index (χ2v) is 4.23. The highest BCUT2D eigenvalue weighted by atomic mass is 16.5. The second-order valence-electron chi connectivity index (χ2n) is 4.23. The molecule has 3 nitrogen and oxygen atoms in total. The van der Waals surface area contributed by atoms with Crippen molar-refractivity contribution in [1.82, 2.24) is 10.2 Å². The van der Waals surface area contributed by atoms with E-state index >= 15 is 0 Å². The summed E-state index contributed by atoms with van der Waals surface area (Å²) in [5.41, 5.74) is 0. The van der Waals surface area contributed by atoms with Crippen LogP contribution in [0.5, 0.6) is 0 Å². The van der Waals surface area contributed by atoms with Crippen LogP contribution in [-0.4, -0.2) is 50.3 Å². The van der Waals surface area contributed by atoms with Crippen molar-refractivity contribution in [2.75, 3.05) is 33.3 Å². The molecule has 84 valence electrons. The van der Waals surface area contributed by atoms with Crippen molar-refractivity contribution < 1.29 is 4.74 Å². The lowest BCUT2D eigenvalue weighted by Crippen LogP contribution is -2.41. The molecule has 1 aliphatic heterocycles. The van der Waals surface area contributed by atoms with Crippen LogP contribution in [0.1, 0.15) is 26.7 Å². The summed E-state index contributed by atoms with van der Waals surface area (Å²) in [4.78, 5) is 2.39. The number of nitrogens with one attached hydrogen (secondary N) is 1. The predicted molar refractivity (Wildman–Crippen MR) is 59.6 cm³/mol. The Morgan fingerprint density at radius 3 is 2.93 bits per heavy atom. The molecule has 0 radical (unpaired) electrons. The molecule has 0 bridgehead atoms. The largest absolute Gasteiger partial charge is 0.377 e. The molecule has 0 aromatic rings.